The second kappa shape index (κ2) is 5.68. The summed E-state index contributed by atoms with van der Waals surface area (Å²) in [6, 6.07) is 6.63. The standard InChI is InChI=1S/C11H16BNO3/c1-8(2)7-11(14)13-10-6-4-3-5-9(10)12(15)16/h3-6,8,15-16H,7H2,1-2H3,(H,13,14). The normalized spacial score (nSPS) is 10.3. The molecule has 0 fully saturated rings. The van der Waals surface area contributed by atoms with Gasteiger partial charge in [-0.2, -0.15) is 0 Å². The van der Waals surface area contributed by atoms with Crippen molar-refractivity contribution in [2.24, 2.45) is 5.92 Å². The lowest BCUT2D eigenvalue weighted by atomic mass is 9.79. The number of anilines is 1. The number of amides is 1. The summed E-state index contributed by atoms with van der Waals surface area (Å²) in [4.78, 5) is 11.5. The summed E-state index contributed by atoms with van der Waals surface area (Å²) in [5.74, 6) is 0.148. The van der Waals surface area contributed by atoms with Gasteiger partial charge in [0.2, 0.25) is 5.91 Å². The molecule has 0 saturated heterocycles. The average molecular weight is 221 g/mol. The van der Waals surface area contributed by atoms with Gasteiger partial charge in [0.05, 0.1) is 0 Å². The van der Waals surface area contributed by atoms with Crippen LogP contribution in [0.25, 0.3) is 0 Å². The number of nitrogens with one attached hydrogen (secondary N) is 1. The fraction of sp³-hybridized carbons (Fsp3) is 0.364. The van der Waals surface area contributed by atoms with E-state index in [0.29, 0.717) is 17.6 Å². The van der Waals surface area contributed by atoms with E-state index in [1.54, 1.807) is 24.3 Å². The third kappa shape index (κ3) is 3.68. The zero-order valence-corrected chi connectivity index (χ0v) is 9.47. The van der Waals surface area contributed by atoms with Crippen LogP contribution in [0.1, 0.15) is 20.3 Å². The second-order valence-electron chi connectivity index (χ2n) is 4.11. The highest BCUT2D eigenvalue weighted by Crippen LogP contribution is 2.07. The Kier molecular flexibility index (Phi) is 4.52. The van der Waals surface area contributed by atoms with E-state index >= 15 is 0 Å². The number of rotatable bonds is 4. The molecule has 1 aromatic carbocycles. The van der Waals surface area contributed by atoms with Crippen LogP contribution in [0.15, 0.2) is 24.3 Å². The van der Waals surface area contributed by atoms with Crippen LogP contribution in [0, 0.1) is 5.92 Å². The van der Waals surface area contributed by atoms with Gasteiger partial charge >= 0.3 is 7.12 Å². The van der Waals surface area contributed by atoms with Crippen LogP contribution in [-0.2, 0) is 4.79 Å². The van der Waals surface area contributed by atoms with Gasteiger partial charge in [0.1, 0.15) is 0 Å². The third-order valence-corrected chi connectivity index (χ3v) is 2.11. The molecule has 0 aliphatic heterocycles. The van der Waals surface area contributed by atoms with E-state index in [1.165, 1.54) is 0 Å². The number of hydrogen-bond acceptors (Lipinski definition) is 3. The lowest BCUT2D eigenvalue weighted by Crippen LogP contribution is -2.33. The summed E-state index contributed by atoms with van der Waals surface area (Å²) in [6.45, 7) is 3.90. The summed E-state index contributed by atoms with van der Waals surface area (Å²) in [5, 5.41) is 20.9. The van der Waals surface area contributed by atoms with Crippen molar-refractivity contribution in [3.63, 3.8) is 0 Å². The minimum atomic E-state index is -1.57. The summed E-state index contributed by atoms with van der Waals surface area (Å²) in [5.41, 5.74) is 0.753. The van der Waals surface area contributed by atoms with Crippen LogP contribution < -0.4 is 10.8 Å². The van der Waals surface area contributed by atoms with Crippen molar-refractivity contribution < 1.29 is 14.8 Å². The summed E-state index contributed by atoms with van der Waals surface area (Å²) in [7, 11) is -1.57. The molecule has 1 amide bonds. The molecule has 0 aromatic heterocycles. The SMILES string of the molecule is CC(C)CC(=O)Nc1ccccc1B(O)O. The molecule has 1 rings (SSSR count). The van der Waals surface area contributed by atoms with Crippen LogP contribution in [0.4, 0.5) is 5.69 Å². The molecule has 0 spiro atoms. The van der Waals surface area contributed by atoms with Crippen molar-refractivity contribution in [2.75, 3.05) is 5.32 Å². The fourth-order valence-corrected chi connectivity index (χ4v) is 1.41. The van der Waals surface area contributed by atoms with Crippen molar-refractivity contribution >= 4 is 24.2 Å². The Labute approximate surface area is 95.4 Å². The van der Waals surface area contributed by atoms with Crippen LogP contribution in [0.2, 0.25) is 0 Å². The first-order valence-electron chi connectivity index (χ1n) is 5.25. The van der Waals surface area contributed by atoms with Gasteiger partial charge in [-0.25, -0.2) is 0 Å². The van der Waals surface area contributed by atoms with Crippen LogP contribution in [0.5, 0.6) is 0 Å². The lowest BCUT2D eigenvalue weighted by molar-refractivity contribution is -0.116. The molecule has 0 heterocycles. The highest BCUT2D eigenvalue weighted by molar-refractivity contribution is 6.60. The van der Waals surface area contributed by atoms with E-state index in [2.05, 4.69) is 5.32 Å². The molecule has 0 radical (unpaired) electrons. The van der Waals surface area contributed by atoms with Gasteiger partial charge in [0, 0.05) is 17.6 Å². The zero-order valence-electron chi connectivity index (χ0n) is 9.47. The molecule has 0 aliphatic rings. The Morgan fingerprint density at radius 3 is 2.56 bits per heavy atom. The monoisotopic (exact) mass is 221 g/mol. The van der Waals surface area contributed by atoms with Crippen molar-refractivity contribution in [3.05, 3.63) is 24.3 Å². The smallest absolute Gasteiger partial charge is 0.423 e. The molecule has 0 aliphatic carbocycles. The number of para-hydroxylation sites is 1. The highest BCUT2D eigenvalue weighted by Gasteiger charge is 2.16. The van der Waals surface area contributed by atoms with Gasteiger partial charge in [0.25, 0.3) is 0 Å². The fourth-order valence-electron chi connectivity index (χ4n) is 1.41. The van der Waals surface area contributed by atoms with Crippen molar-refractivity contribution in [1.82, 2.24) is 0 Å². The number of carbonyl (C=O) groups excluding carboxylic acids is 1. The van der Waals surface area contributed by atoms with E-state index in [0.717, 1.165) is 0 Å². The van der Waals surface area contributed by atoms with Crippen LogP contribution in [-0.4, -0.2) is 23.1 Å². The first kappa shape index (κ1) is 12.7. The van der Waals surface area contributed by atoms with Gasteiger partial charge in [-0.05, 0) is 12.0 Å². The van der Waals surface area contributed by atoms with Crippen molar-refractivity contribution in [2.45, 2.75) is 20.3 Å². The first-order valence-corrected chi connectivity index (χ1v) is 5.25. The van der Waals surface area contributed by atoms with Gasteiger partial charge in [-0.1, -0.05) is 32.0 Å². The predicted molar refractivity (Wildman–Crippen MR) is 64.4 cm³/mol. The van der Waals surface area contributed by atoms with E-state index < -0.39 is 7.12 Å². The molecule has 0 atom stereocenters. The molecule has 3 N–H and O–H groups in total. The number of hydrogen-bond donors (Lipinski definition) is 3. The predicted octanol–water partition coefficient (Wildman–Crippen LogP) is 0.351. The molecular formula is C11H16BNO3. The maximum absolute atomic E-state index is 11.5. The minimum absolute atomic E-state index is 0.122. The van der Waals surface area contributed by atoms with E-state index in [1.807, 2.05) is 13.8 Å². The molecule has 4 nitrogen and oxygen atoms in total. The van der Waals surface area contributed by atoms with Crippen LogP contribution in [0.3, 0.4) is 0 Å². The Morgan fingerprint density at radius 1 is 1.38 bits per heavy atom. The van der Waals surface area contributed by atoms with E-state index in [-0.39, 0.29) is 11.8 Å². The van der Waals surface area contributed by atoms with E-state index in [9.17, 15) is 4.79 Å². The summed E-state index contributed by atoms with van der Waals surface area (Å²) < 4.78 is 0. The minimum Gasteiger partial charge on any atom is -0.423 e. The van der Waals surface area contributed by atoms with Crippen molar-refractivity contribution in [1.29, 1.82) is 0 Å². The molecule has 5 heteroatoms. The van der Waals surface area contributed by atoms with Crippen molar-refractivity contribution in [3.8, 4) is 0 Å². The molecule has 0 bridgehead atoms. The first-order chi connectivity index (χ1) is 7.50. The van der Waals surface area contributed by atoms with Gasteiger partial charge in [0.15, 0.2) is 0 Å². The Bertz CT molecular complexity index is 366. The molecule has 16 heavy (non-hydrogen) atoms. The Balaban J connectivity index is 2.77. The summed E-state index contributed by atoms with van der Waals surface area (Å²) in [6.07, 6.45) is 0.413. The number of benzene rings is 1. The molecule has 0 unspecified atom stereocenters. The number of carbonyl (C=O) groups is 1. The van der Waals surface area contributed by atoms with E-state index in [4.69, 9.17) is 10.0 Å². The molecular weight excluding hydrogens is 205 g/mol. The Hall–Kier alpha value is -1.33. The highest BCUT2D eigenvalue weighted by atomic mass is 16.4. The zero-order chi connectivity index (χ0) is 12.1. The quantitative estimate of drug-likeness (QED) is 0.642. The van der Waals surface area contributed by atoms with Gasteiger partial charge < -0.3 is 15.4 Å². The topological polar surface area (TPSA) is 69.6 Å². The second-order valence-corrected chi connectivity index (χ2v) is 4.11. The average Bonchev–Trinajstić information content (AvgIpc) is 2.16. The van der Waals surface area contributed by atoms with Gasteiger partial charge in [-0.15, -0.1) is 0 Å². The maximum atomic E-state index is 11.5. The lowest BCUT2D eigenvalue weighted by Gasteiger charge is -2.11. The maximum Gasteiger partial charge on any atom is 0.490 e. The molecule has 1 aromatic rings. The Morgan fingerprint density at radius 2 is 2.00 bits per heavy atom. The summed E-state index contributed by atoms with van der Waals surface area (Å²) >= 11 is 0. The van der Waals surface area contributed by atoms with Gasteiger partial charge in [-0.3, -0.25) is 4.79 Å². The molecule has 0 saturated carbocycles. The third-order valence-electron chi connectivity index (χ3n) is 2.11. The molecule has 86 valence electrons. The van der Waals surface area contributed by atoms with Crippen LogP contribution >= 0.6 is 0 Å². The largest absolute Gasteiger partial charge is 0.490 e.